The summed E-state index contributed by atoms with van der Waals surface area (Å²) in [6.45, 7) is 0. The molecule has 4 rings (SSSR count). The van der Waals surface area contributed by atoms with Crippen molar-refractivity contribution in [3.63, 3.8) is 0 Å². The van der Waals surface area contributed by atoms with Crippen LogP contribution in [0, 0.1) is 5.82 Å². The number of halogens is 1. The van der Waals surface area contributed by atoms with Crippen LogP contribution >= 0.6 is 11.8 Å². The Morgan fingerprint density at radius 3 is 2.57 bits per heavy atom. The summed E-state index contributed by atoms with van der Waals surface area (Å²) in [4.78, 5) is 12.3. The highest BCUT2D eigenvalue weighted by molar-refractivity contribution is 7.99. The first-order valence-electron chi connectivity index (χ1n) is 8.96. The van der Waals surface area contributed by atoms with Crippen molar-refractivity contribution in [2.75, 3.05) is 18.2 Å². The standard InChI is InChI=1S/C21H17FN4O3S/c1-28-17-10-8-16(9-11-17)26-20(18-3-2-12-29-18)24-25-21(26)30-13-19(27)23-15-6-4-14(22)5-7-15/h2-12H,13H2,1H3,(H,23,27). The molecule has 0 atom stereocenters. The highest BCUT2D eigenvalue weighted by Gasteiger charge is 2.19. The van der Waals surface area contributed by atoms with Gasteiger partial charge in [0, 0.05) is 5.69 Å². The molecule has 4 aromatic rings. The molecule has 0 saturated carbocycles. The van der Waals surface area contributed by atoms with Crippen molar-refractivity contribution in [3.8, 4) is 23.0 Å². The first-order chi connectivity index (χ1) is 14.6. The first kappa shape index (κ1) is 19.7. The maximum Gasteiger partial charge on any atom is 0.234 e. The van der Waals surface area contributed by atoms with Crippen molar-refractivity contribution in [3.05, 3.63) is 72.7 Å². The van der Waals surface area contributed by atoms with Gasteiger partial charge >= 0.3 is 0 Å². The van der Waals surface area contributed by atoms with Crippen molar-refractivity contribution in [2.24, 2.45) is 0 Å². The predicted octanol–water partition coefficient (Wildman–Crippen LogP) is 4.41. The number of hydrogen-bond donors (Lipinski definition) is 1. The third-order valence-corrected chi connectivity index (χ3v) is 5.09. The lowest BCUT2D eigenvalue weighted by molar-refractivity contribution is -0.113. The van der Waals surface area contributed by atoms with E-state index >= 15 is 0 Å². The van der Waals surface area contributed by atoms with Gasteiger partial charge < -0.3 is 14.5 Å². The average molecular weight is 424 g/mol. The topological polar surface area (TPSA) is 82.2 Å². The van der Waals surface area contributed by atoms with E-state index in [4.69, 9.17) is 9.15 Å². The van der Waals surface area contributed by atoms with Crippen molar-refractivity contribution in [2.45, 2.75) is 5.16 Å². The third kappa shape index (κ3) is 4.36. The molecule has 2 aromatic carbocycles. The molecule has 152 valence electrons. The van der Waals surface area contributed by atoms with Gasteiger partial charge in [0.05, 0.1) is 24.8 Å². The fraction of sp³-hybridized carbons (Fsp3) is 0.0952. The van der Waals surface area contributed by atoms with E-state index in [0.29, 0.717) is 22.4 Å². The number of hydrogen-bond acceptors (Lipinski definition) is 6. The lowest BCUT2D eigenvalue weighted by atomic mass is 10.3. The number of carbonyl (C=O) groups is 1. The minimum absolute atomic E-state index is 0.101. The van der Waals surface area contributed by atoms with Gasteiger partial charge in [-0.3, -0.25) is 9.36 Å². The molecule has 7 nitrogen and oxygen atoms in total. The van der Waals surface area contributed by atoms with Crippen LogP contribution in [0.15, 0.2) is 76.5 Å². The zero-order chi connectivity index (χ0) is 20.9. The highest BCUT2D eigenvalue weighted by atomic mass is 32.2. The number of nitrogens with one attached hydrogen (secondary N) is 1. The number of rotatable bonds is 7. The van der Waals surface area contributed by atoms with Crippen molar-refractivity contribution in [1.29, 1.82) is 0 Å². The fourth-order valence-corrected chi connectivity index (χ4v) is 3.51. The summed E-state index contributed by atoms with van der Waals surface area (Å²) in [5.41, 5.74) is 1.32. The van der Waals surface area contributed by atoms with E-state index in [1.54, 1.807) is 25.5 Å². The SMILES string of the molecule is COc1ccc(-n2c(SCC(=O)Nc3ccc(F)cc3)nnc2-c2ccco2)cc1. The minimum atomic E-state index is -0.361. The number of amides is 1. The van der Waals surface area contributed by atoms with Crippen LogP contribution in [0.5, 0.6) is 5.75 Å². The quantitative estimate of drug-likeness (QED) is 0.443. The van der Waals surface area contributed by atoms with E-state index in [1.165, 1.54) is 36.0 Å². The molecular formula is C21H17FN4O3S. The second kappa shape index (κ2) is 8.83. The molecule has 0 spiro atoms. The maximum atomic E-state index is 13.0. The van der Waals surface area contributed by atoms with E-state index in [0.717, 1.165) is 11.4 Å². The first-order valence-corrected chi connectivity index (χ1v) is 9.94. The van der Waals surface area contributed by atoms with Gasteiger partial charge in [-0.15, -0.1) is 10.2 Å². The van der Waals surface area contributed by atoms with Crippen LogP contribution in [-0.4, -0.2) is 33.5 Å². The number of carbonyl (C=O) groups excluding carboxylic acids is 1. The van der Waals surface area contributed by atoms with Gasteiger partial charge in [0.25, 0.3) is 0 Å². The van der Waals surface area contributed by atoms with Gasteiger partial charge in [0.1, 0.15) is 11.6 Å². The molecule has 0 aliphatic heterocycles. The van der Waals surface area contributed by atoms with Crippen LogP contribution in [0.4, 0.5) is 10.1 Å². The van der Waals surface area contributed by atoms with Gasteiger partial charge in [0.15, 0.2) is 10.9 Å². The summed E-state index contributed by atoms with van der Waals surface area (Å²) in [5, 5.41) is 11.7. The number of aromatic nitrogens is 3. The van der Waals surface area contributed by atoms with Crippen LogP contribution in [0.2, 0.25) is 0 Å². The molecule has 1 N–H and O–H groups in total. The molecule has 0 radical (unpaired) electrons. The minimum Gasteiger partial charge on any atom is -0.497 e. The summed E-state index contributed by atoms with van der Waals surface area (Å²) in [6, 6.07) is 16.6. The van der Waals surface area contributed by atoms with E-state index in [1.807, 2.05) is 28.8 Å². The number of nitrogens with zero attached hydrogens (tertiary/aromatic N) is 3. The van der Waals surface area contributed by atoms with Crippen LogP contribution < -0.4 is 10.1 Å². The van der Waals surface area contributed by atoms with Gasteiger partial charge in [-0.2, -0.15) is 0 Å². The van der Waals surface area contributed by atoms with E-state index in [9.17, 15) is 9.18 Å². The summed E-state index contributed by atoms with van der Waals surface area (Å²) >= 11 is 1.23. The number of benzene rings is 2. The maximum absolute atomic E-state index is 13.0. The molecule has 2 aromatic heterocycles. The zero-order valence-corrected chi connectivity index (χ0v) is 16.7. The second-order valence-corrected chi connectivity index (χ2v) is 7.10. The van der Waals surface area contributed by atoms with Gasteiger partial charge in [-0.05, 0) is 60.7 Å². The Morgan fingerprint density at radius 1 is 1.13 bits per heavy atom. The Kier molecular flexibility index (Phi) is 5.80. The average Bonchev–Trinajstić information content (AvgIpc) is 3.44. The Morgan fingerprint density at radius 2 is 1.90 bits per heavy atom. The molecule has 1 amide bonds. The van der Waals surface area contributed by atoms with Crippen LogP contribution in [0.1, 0.15) is 0 Å². The van der Waals surface area contributed by atoms with Gasteiger partial charge in [-0.1, -0.05) is 11.8 Å². The van der Waals surface area contributed by atoms with Gasteiger partial charge in [0.2, 0.25) is 11.7 Å². The lowest BCUT2D eigenvalue weighted by Gasteiger charge is -2.10. The van der Waals surface area contributed by atoms with Crippen LogP contribution in [-0.2, 0) is 4.79 Å². The molecule has 0 fully saturated rings. The van der Waals surface area contributed by atoms with E-state index < -0.39 is 0 Å². The zero-order valence-electron chi connectivity index (χ0n) is 15.9. The van der Waals surface area contributed by atoms with E-state index in [2.05, 4.69) is 15.5 Å². The number of anilines is 1. The Balaban J connectivity index is 1.56. The molecule has 0 aliphatic carbocycles. The Bertz CT molecular complexity index is 1130. The monoisotopic (exact) mass is 424 g/mol. The molecule has 0 saturated heterocycles. The summed E-state index contributed by atoms with van der Waals surface area (Å²) in [5.74, 6) is 1.30. The summed E-state index contributed by atoms with van der Waals surface area (Å²) in [7, 11) is 1.60. The Labute approximate surface area is 175 Å². The van der Waals surface area contributed by atoms with Gasteiger partial charge in [-0.25, -0.2) is 4.39 Å². The summed E-state index contributed by atoms with van der Waals surface area (Å²) in [6.07, 6.45) is 1.56. The van der Waals surface area contributed by atoms with Crippen molar-refractivity contribution >= 4 is 23.4 Å². The fourth-order valence-electron chi connectivity index (χ4n) is 2.75. The smallest absolute Gasteiger partial charge is 0.234 e. The number of ether oxygens (including phenoxy) is 1. The number of thioether (sulfide) groups is 1. The summed E-state index contributed by atoms with van der Waals surface area (Å²) < 4.78 is 25.5. The molecule has 9 heteroatoms. The van der Waals surface area contributed by atoms with Crippen LogP contribution in [0.3, 0.4) is 0 Å². The molecular weight excluding hydrogens is 407 g/mol. The molecule has 2 heterocycles. The lowest BCUT2D eigenvalue weighted by Crippen LogP contribution is -2.14. The third-order valence-electron chi connectivity index (χ3n) is 4.17. The second-order valence-electron chi connectivity index (χ2n) is 6.16. The van der Waals surface area contributed by atoms with E-state index in [-0.39, 0.29) is 17.5 Å². The highest BCUT2D eigenvalue weighted by Crippen LogP contribution is 2.29. The van der Waals surface area contributed by atoms with Crippen LogP contribution in [0.25, 0.3) is 17.3 Å². The van der Waals surface area contributed by atoms with Crippen molar-refractivity contribution < 1.29 is 18.3 Å². The number of furan rings is 1. The Hall–Kier alpha value is -3.59. The normalized spacial score (nSPS) is 10.7. The molecule has 0 unspecified atom stereocenters. The molecule has 0 aliphatic rings. The molecule has 0 bridgehead atoms. The predicted molar refractivity (Wildman–Crippen MR) is 111 cm³/mol. The molecule has 30 heavy (non-hydrogen) atoms. The largest absolute Gasteiger partial charge is 0.497 e. The number of methoxy groups -OCH3 is 1. The van der Waals surface area contributed by atoms with Crippen molar-refractivity contribution in [1.82, 2.24) is 14.8 Å².